The van der Waals surface area contributed by atoms with Crippen LogP contribution in [0.4, 0.5) is 17.1 Å². The largest absolute Gasteiger partial charge is 0.378 e. The highest BCUT2D eigenvalue weighted by Gasteiger charge is 2.15. The molecule has 1 amide bonds. The van der Waals surface area contributed by atoms with Gasteiger partial charge in [-0.3, -0.25) is 4.79 Å². The van der Waals surface area contributed by atoms with Crippen LogP contribution >= 0.6 is 0 Å². The van der Waals surface area contributed by atoms with Crippen LogP contribution in [0.3, 0.4) is 0 Å². The van der Waals surface area contributed by atoms with Gasteiger partial charge < -0.3 is 20.3 Å². The van der Waals surface area contributed by atoms with E-state index in [9.17, 15) is 4.79 Å². The highest BCUT2D eigenvalue weighted by molar-refractivity contribution is 5.96. The lowest BCUT2D eigenvalue weighted by Crippen LogP contribution is -2.37. The van der Waals surface area contributed by atoms with Crippen LogP contribution < -0.4 is 15.5 Å². The van der Waals surface area contributed by atoms with E-state index in [1.807, 2.05) is 55.5 Å². The van der Waals surface area contributed by atoms with Crippen LogP contribution in [0.5, 0.6) is 0 Å². The molecule has 0 bridgehead atoms. The molecule has 0 radical (unpaired) electrons. The van der Waals surface area contributed by atoms with Gasteiger partial charge in [0.05, 0.1) is 31.1 Å². The number of para-hydroxylation sites is 2. The van der Waals surface area contributed by atoms with E-state index in [0.29, 0.717) is 0 Å². The lowest BCUT2D eigenvalue weighted by Gasteiger charge is -2.30. The second kappa shape index (κ2) is 7.84. The number of carbonyl (C=O) groups excluding carboxylic acids is 1. The van der Waals surface area contributed by atoms with Crippen LogP contribution in [0.15, 0.2) is 48.5 Å². The number of hydrogen-bond donors (Lipinski definition) is 2. The molecule has 1 aliphatic heterocycles. The van der Waals surface area contributed by atoms with Crippen molar-refractivity contribution >= 4 is 23.0 Å². The van der Waals surface area contributed by atoms with Gasteiger partial charge in [-0.15, -0.1) is 0 Å². The quantitative estimate of drug-likeness (QED) is 0.887. The Bertz CT molecular complexity index is 697. The van der Waals surface area contributed by atoms with Gasteiger partial charge in [-0.05, 0) is 36.8 Å². The first-order valence-electron chi connectivity index (χ1n) is 8.24. The monoisotopic (exact) mass is 325 g/mol. The Morgan fingerprint density at radius 2 is 1.92 bits per heavy atom. The zero-order chi connectivity index (χ0) is 16.8. The molecule has 126 valence electrons. The summed E-state index contributed by atoms with van der Waals surface area (Å²) in [5.41, 5.74) is 4.00. The highest BCUT2D eigenvalue weighted by atomic mass is 16.5. The molecule has 5 heteroatoms. The molecule has 2 aromatic carbocycles. The maximum Gasteiger partial charge on any atom is 0.243 e. The van der Waals surface area contributed by atoms with Crippen molar-refractivity contribution in [1.82, 2.24) is 0 Å². The second-order valence-electron chi connectivity index (χ2n) is 5.89. The number of ether oxygens (including phenoxy) is 1. The lowest BCUT2D eigenvalue weighted by atomic mass is 10.2. The normalized spacial score (nSPS) is 14.3. The minimum atomic E-state index is -0.0581. The minimum Gasteiger partial charge on any atom is -0.378 e. The number of morpholine rings is 1. The molecule has 1 heterocycles. The average molecular weight is 325 g/mol. The topological polar surface area (TPSA) is 53.6 Å². The van der Waals surface area contributed by atoms with E-state index in [1.165, 1.54) is 0 Å². The smallest absolute Gasteiger partial charge is 0.243 e. The Hall–Kier alpha value is -2.53. The van der Waals surface area contributed by atoms with Crippen LogP contribution in [0, 0.1) is 6.92 Å². The maximum absolute atomic E-state index is 12.3. The number of nitrogens with zero attached hydrogens (tertiary/aromatic N) is 1. The fourth-order valence-corrected chi connectivity index (χ4v) is 2.79. The SMILES string of the molecule is Cc1cccc(NCC(=O)Nc2ccccc2N2CCOCC2)c1. The second-order valence-corrected chi connectivity index (χ2v) is 5.89. The van der Waals surface area contributed by atoms with Gasteiger partial charge >= 0.3 is 0 Å². The van der Waals surface area contributed by atoms with E-state index < -0.39 is 0 Å². The summed E-state index contributed by atoms with van der Waals surface area (Å²) in [5, 5.41) is 6.17. The summed E-state index contributed by atoms with van der Waals surface area (Å²) in [5.74, 6) is -0.0581. The van der Waals surface area contributed by atoms with E-state index in [-0.39, 0.29) is 12.5 Å². The Balaban J connectivity index is 1.62. The van der Waals surface area contributed by atoms with Crippen molar-refractivity contribution in [2.24, 2.45) is 0 Å². The summed E-state index contributed by atoms with van der Waals surface area (Å²) in [6, 6.07) is 15.9. The fraction of sp³-hybridized carbons (Fsp3) is 0.316. The molecule has 2 aromatic rings. The number of carbonyl (C=O) groups is 1. The average Bonchev–Trinajstić information content (AvgIpc) is 2.61. The van der Waals surface area contributed by atoms with Gasteiger partial charge in [-0.1, -0.05) is 24.3 Å². The standard InChI is InChI=1S/C19H23N3O2/c1-15-5-4-6-16(13-15)20-14-19(23)21-17-7-2-3-8-18(17)22-9-11-24-12-10-22/h2-8,13,20H,9-12,14H2,1H3,(H,21,23). The van der Waals surface area contributed by atoms with Gasteiger partial charge in [0.15, 0.2) is 0 Å². The summed E-state index contributed by atoms with van der Waals surface area (Å²) in [6.45, 7) is 5.39. The number of aryl methyl sites for hydroxylation is 1. The summed E-state index contributed by atoms with van der Waals surface area (Å²) in [4.78, 5) is 14.5. The van der Waals surface area contributed by atoms with Crippen molar-refractivity contribution in [3.05, 3.63) is 54.1 Å². The molecule has 0 aromatic heterocycles. The van der Waals surface area contributed by atoms with Crippen molar-refractivity contribution in [2.75, 3.05) is 48.4 Å². The Morgan fingerprint density at radius 1 is 1.12 bits per heavy atom. The zero-order valence-corrected chi connectivity index (χ0v) is 13.9. The number of hydrogen-bond acceptors (Lipinski definition) is 4. The first-order chi connectivity index (χ1) is 11.7. The third-order valence-corrected chi connectivity index (χ3v) is 4.00. The van der Waals surface area contributed by atoms with Crippen LogP contribution in [0.25, 0.3) is 0 Å². The van der Waals surface area contributed by atoms with E-state index >= 15 is 0 Å². The van der Waals surface area contributed by atoms with Gasteiger partial charge in [-0.25, -0.2) is 0 Å². The third-order valence-electron chi connectivity index (χ3n) is 4.00. The van der Waals surface area contributed by atoms with Gasteiger partial charge in [0.1, 0.15) is 0 Å². The lowest BCUT2D eigenvalue weighted by molar-refractivity contribution is -0.114. The van der Waals surface area contributed by atoms with Crippen molar-refractivity contribution in [3.8, 4) is 0 Å². The molecule has 2 N–H and O–H groups in total. The van der Waals surface area contributed by atoms with Crippen molar-refractivity contribution in [3.63, 3.8) is 0 Å². The third kappa shape index (κ3) is 4.26. The molecular weight excluding hydrogens is 302 g/mol. The molecule has 0 spiro atoms. The van der Waals surface area contributed by atoms with Crippen LogP contribution in [0.1, 0.15) is 5.56 Å². The Morgan fingerprint density at radius 3 is 2.71 bits per heavy atom. The molecular formula is C19H23N3O2. The van der Waals surface area contributed by atoms with Crippen molar-refractivity contribution in [2.45, 2.75) is 6.92 Å². The van der Waals surface area contributed by atoms with Crippen LogP contribution in [0.2, 0.25) is 0 Å². The number of benzene rings is 2. The number of anilines is 3. The molecule has 1 aliphatic rings. The van der Waals surface area contributed by atoms with Crippen molar-refractivity contribution < 1.29 is 9.53 Å². The van der Waals surface area contributed by atoms with Gasteiger partial charge in [0, 0.05) is 18.8 Å². The summed E-state index contributed by atoms with van der Waals surface area (Å²) < 4.78 is 5.40. The first kappa shape index (κ1) is 16.3. The first-order valence-corrected chi connectivity index (χ1v) is 8.24. The van der Waals surface area contributed by atoms with Crippen molar-refractivity contribution in [1.29, 1.82) is 0 Å². The zero-order valence-electron chi connectivity index (χ0n) is 13.9. The van der Waals surface area contributed by atoms with Crippen LogP contribution in [-0.4, -0.2) is 38.8 Å². The number of amides is 1. The molecule has 0 unspecified atom stereocenters. The summed E-state index contributed by atoms with van der Waals surface area (Å²) >= 11 is 0. The van der Waals surface area contributed by atoms with E-state index in [4.69, 9.17) is 4.74 Å². The Labute approximate surface area is 142 Å². The number of rotatable bonds is 5. The van der Waals surface area contributed by atoms with Gasteiger partial charge in [0.25, 0.3) is 0 Å². The molecule has 1 fully saturated rings. The van der Waals surface area contributed by atoms with E-state index in [1.54, 1.807) is 0 Å². The predicted octanol–water partition coefficient (Wildman–Crippen LogP) is 2.88. The fourth-order valence-electron chi connectivity index (χ4n) is 2.79. The van der Waals surface area contributed by atoms with Crippen LogP contribution in [-0.2, 0) is 9.53 Å². The molecule has 5 nitrogen and oxygen atoms in total. The summed E-state index contributed by atoms with van der Waals surface area (Å²) in [7, 11) is 0. The molecule has 24 heavy (non-hydrogen) atoms. The van der Waals surface area contributed by atoms with Gasteiger partial charge in [0.2, 0.25) is 5.91 Å². The Kier molecular flexibility index (Phi) is 5.33. The van der Waals surface area contributed by atoms with Gasteiger partial charge in [-0.2, -0.15) is 0 Å². The predicted molar refractivity (Wildman–Crippen MR) is 97.8 cm³/mol. The molecule has 0 aliphatic carbocycles. The molecule has 1 saturated heterocycles. The maximum atomic E-state index is 12.3. The van der Waals surface area contributed by atoms with E-state index in [2.05, 4.69) is 15.5 Å². The molecule has 0 atom stereocenters. The minimum absolute atomic E-state index is 0.0581. The molecule has 0 saturated carbocycles. The molecule has 3 rings (SSSR count). The summed E-state index contributed by atoms with van der Waals surface area (Å²) in [6.07, 6.45) is 0. The number of nitrogens with one attached hydrogen (secondary N) is 2. The highest BCUT2D eigenvalue weighted by Crippen LogP contribution is 2.26. The van der Waals surface area contributed by atoms with E-state index in [0.717, 1.165) is 48.9 Å².